The highest BCUT2D eigenvalue weighted by Crippen LogP contribution is 2.13. The Morgan fingerprint density at radius 3 is 2.54 bits per heavy atom. The minimum Gasteiger partial charge on any atom is -0.492 e. The minimum atomic E-state index is 0. The summed E-state index contributed by atoms with van der Waals surface area (Å²) in [5, 5.41) is 3.09. The standard InChI is InChI=1S/C18H30N4O.HI/c1-15(2)21-18(19)20-10-9-16-5-7-17(8-6-16)23-14-13-22-11-3-4-12-22;/h5-8,15H,3-4,9-14H2,1-2H3,(H3,19,20,21);1H. The molecule has 1 fully saturated rings. The first kappa shape index (κ1) is 21.0. The summed E-state index contributed by atoms with van der Waals surface area (Å²) in [6, 6.07) is 8.60. The number of nitrogens with two attached hydrogens (primary N) is 1. The summed E-state index contributed by atoms with van der Waals surface area (Å²) < 4.78 is 5.81. The molecule has 1 saturated heterocycles. The summed E-state index contributed by atoms with van der Waals surface area (Å²) in [5.74, 6) is 1.46. The Hall–Kier alpha value is -1.02. The molecule has 0 radical (unpaired) electrons. The number of hydrogen-bond donors (Lipinski definition) is 2. The molecule has 2 rings (SSSR count). The molecule has 136 valence electrons. The zero-order chi connectivity index (χ0) is 16.5. The van der Waals surface area contributed by atoms with Crippen molar-refractivity contribution < 1.29 is 4.74 Å². The maximum Gasteiger partial charge on any atom is 0.188 e. The van der Waals surface area contributed by atoms with E-state index in [1.165, 1.54) is 31.5 Å². The molecule has 1 heterocycles. The van der Waals surface area contributed by atoms with Gasteiger partial charge in [0, 0.05) is 19.1 Å². The number of likely N-dealkylation sites (tertiary alicyclic amines) is 1. The highest BCUT2D eigenvalue weighted by atomic mass is 127. The van der Waals surface area contributed by atoms with Gasteiger partial charge >= 0.3 is 0 Å². The van der Waals surface area contributed by atoms with Crippen LogP contribution in [0.15, 0.2) is 29.3 Å². The molecule has 6 heteroatoms. The maximum atomic E-state index is 5.81. The average Bonchev–Trinajstić information content (AvgIpc) is 3.01. The van der Waals surface area contributed by atoms with Gasteiger partial charge in [-0.2, -0.15) is 0 Å². The van der Waals surface area contributed by atoms with Crippen molar-refractivity contribution in [3.05, 3.63) is 29.8 Å². The summed E-state index contributed by atoms with van der Waals surface area (Å²) >= 11 is 0. The predicted molar refractivity (Wildman–Crippen MR) is 111 cm³/mol. The molecular formula is C18H31IN4O. The van der Waals surface area contributed by atoms with Crippen molar-refractivity contribution in [1.29, 1.82) is 0 Å². The average molecular weight is 446 g/mol. The largest absolute Gasteiger partial charge is 0.492 e. The van der Waals surface area contributed by atoms with Crippen molar-refractivity contribution in [3.8, 4) is 5.75 Å². The lowest BCUT2D eigenvalue weighted by atomic mass is 10.1. The van der Waals surface area contributed by atoms with E-state index in [2.05, 4.69) is 27.3 Å². The second-order valence-electron chi connectivity index (χ2n) is 6.36. The van der Waals surface area contributed by atoms with E-state index in [1.807, 2.05) is 26.0 Å². The molecule has 1 aromatic rings. The third-order valence-electron chi connectivity index (χ3n) is 3.92. The van der Waals surface area contributed by atoms with Crippen LogP contribution in [0.1, 0.15) is 32.3 Å². The van der Waals surface area contributed by atoms with Crippen LogP contribution in [0.25, 0.3) is 0 Å². The van der Waals surface area contributed by atoms with Gasteiger partial charge in [0.2, 0.25) is 0 Å². The van der Waals surface area contributed by atoms with Crippen molar-refractivity contribution in [2.24, 2.45) is 10.7 Å². The second kappa shape index (κ2) is 11.5. The van der Waals surface area contributed by atoms with Gasteiger partial charge in [-0.05, 0) is 63.9 Å². The van der Waals surface area contributed by atoms with Crippen LogP contribution in [0.3, 0.4) is 0 Å². The topological polar surface area (TPSA) is 62.9 Å². The molecule has 1 aliphatic rings. The molecule has 0 spiro atoms. The number of ether oxygens (including phenoxy) is 1. The fourth-order valence-electron chi connectivity index (χ4n) is 2.70. The molecule has 1 aromatic carbocycles. The number of rotatable bonds is 8. The Bertz CT molecular complexity index is 484. The van der Waals surface area contributed by atoms with Crippen LogP contribution in [0.5, 0.6) is 5.75 Å². The van der Waals surface area contributed by atoms with Gasteiger partial charge < -0.3 is 15.8 Å². The molecule has 0 saturated carbocycles. The molecule has 0 unspecified atom stereocenters. The monoisotopic (exact) mass is 446 g/mol. The highest BCUT2D eigenvalue weighted by molar-refractivity contribution is 14.0. The Kier molecular flexibility index (Phi) is 10.1. The van der Waals surface area contributed by atoms with Gasteiger partial charge in [-0.25, -0.2) is 0 Å². The van der Waals surface area contributed by atoms with Crippen molar-refractivity contribution in [2.45, 2.75) is 39.2 Å². The smallest absolute Gasteiger partial charge is 0.188 e. The van der Waals surface area contributed by atoms with Gasteiger partial charge in [0.25, 0.3) is 0 Å². The molecule has 5 nitrogen and oxygen atoms in total. The molecule has 0 amide bonds. The van der Waals surface area contributed by atoms with Gasteiger partial charge in [0.1, 0.15) is 12.4 Å². The van der Waals surface area contributed by atoms with E-state index in [0.717, 1.165) is 25.3 Å². The van der Waals surface area contributed by atoms with Crippen LogP contribution in [0.2, 0.25) is 0 Å². The van der Waals surface area contributed by atoms with Gasteiger partial charge in [-0.3, -0.25) is 9.89 Å². The maximum absolute atomic E-state index is 5.81. The Morgan fingerprint density at radius 2 is 1.92 bits per heavy atom. The number of nitrogens with one attached hydrogen (secondary N) is 1. The Morgan fingerprint density at radius 1 is 1.25 bits per heavy atom. The normalized spacial score (nSPS) is 15.4. The van der Waals surface area contributed by atoms with E-state index in [4.69, 9.17) is 10.5 Å². The SMILES string of the molecule is CC(C)NC(N)=NCCc1ccc(OCCN2CCCC2)cc1.I. The number of halogens is 1. The number of nitrogens with zero attached hydrogens (tertiary/aromatic N) is 2. The molecule has 3 N–H and O–H groups in total. The van der Waals surface area contributed by atoms with Crippen molar-refractivity contribution >= 4 is 29.9 Å². The third-order valence-corrected chi connectivity index (χ3v) is 3.92. The molecule has 24 heavy (non-hydrogen) atoms. The van der Waals surface area contributed by atoms with Gasteiger partial charge in [-0.1, -0.05) is 12.1 Å². The van der Waals surface area contributed by atoms with E-state index >= 15 is 0 Å². The summed E-state index contributed by atoms with van der Waals surface area (Å²) in [5.41, 5.74) is 7.03. The van der Waals surface area contributed by atoms with Crippen molar-refractivity contribution in [1.82, 2.24) is 10.2 Å². The third kappa shape index (κ3) is 8.19. The van der Waals surface area contributed by atoms with E-state index in [9.17, 15) is 0 Å². The lowest BCUT2D eigenvalue weighted by Gasteiger charge is -2.15. The Balaban J connectivity index is 0.00000288. The molecule has 0 aromatic heterocycles. The fraction of sp³-hybridized carbons (Fsp3) is 0.611. The zero-order valence-corrected chi connectivity index (χ0v) is 17.2. The first-order chi connectivity index (χ1) is 11.1. The van der Waals surface area contributed by atoms with Gasteiger partial charge in [0.05, 0.1) is 0 Å². The van der Waals surface area contributed by atoms with E-state index in [-0.39, 0.29) is 24.0 Å². The van der Waals surface area contributed by atoms with Crippen LogP contribution in [-0.2, 0) is 6.42 Å². The van der Waals surface area contributed by atoms with Crippen LogP contribution in [0.4, 0.5) is 0 Å². The first-order valence-corrected chi connectivity index (χ1v) is 8.64. The fourth-order valence-corrected chi connectivity index (χ4v) is 2.70. The van der Waals surface area contributed by atoms with Gasteiger partial charge in [-0.15, -0.1) is 24.0 Å². The van der Waals surface area contributed by atoms with Crippen LogP contribution < -0.4 is 15.8 Å². The van der Waals surface area contributed by atoms with Crippen molar-refractivity contribution in [2.75, 3.05) is 32.8 Å². The van der Waals surface area contributed by atoms with Gasteiger partial charge in [0.15, 0.2) is 5.96 Å². The van der Waals surface area contributed by atoms with E-state index < -0.39 is 0 Å². The van der Waals surface area contributed by atoms with E-state index in [1.54, 1.807) is 0 Å². The lowest BCUT2D eigenvalue weighted by molar-refractivity contribution is 0.238. The summed E-state index contributed by atoms with van der Waals surface area (Å²) in [4.78, 5) is 6.78. The number of hydrogen-bond acceptors (Lipinski definition) is 3. The molecule has 0 atom stereocenters. The Labute approximate surface area is 163 Å². The number of guanidine groups is 1. The van der Waals surface area contributed by atoms with Crippen molar-refractivity contribution in [3.63, 3.8) is 0 Å². The number of benzene rings is 1. The molecular weight excluding hydrogens is 415 g/mol. The van der Waals surface area contributed by atoms with E-state index in [0.29, 0.717) is 18.5 Å². The van der Waals surface area contributed by atoms with Crippen LogP contribution in [0, 0.1) is 0 Å². The summed E-state index contributed by atoms with van der Waals surface area (Å²) in [6.07, 6.45) is 3.54. The second-order valence-corrected chi connectivity index (χ2v) is 6.36. The summed E-state index contributed by atoms with van der Waals surface area (Å²) in [7, 11) is 0. The number of aliphatic imine (C=N–C) groups is 1. The molecule has 1 aliphatic heterocycles. The molecule has 0 bridgehead atoms. The lowest BCUT2D eigenvalue weighted by Crippen LogP contribution is -2.36. The molecule has 0 aliphatic carbocycles. The summed E-state index contributed by atoms with van der Waals surface area (Å²) in [6.45, 7) is 9.02. The predicted octanol–water partition coefficient (Wildman–Crippen LogP) is 2.63. The van der Waals surface area contributed by atoms with Crippen LogP contribution in [-0.4, -0.2) is 49.7 Å². The minimum absolute atomic E-state index is 0. The van der Waals surface area contributed by atoms with Crippen LogP contribution >= 0.6 is 24.0 Å². The highest BCUT2D eigenvalue weighted by Gasteiger charge is 2.10. The quantitative estimate of drug-likeness (QED) is 0.366. The zero-order valence-electron chi connectivity index (χ0n) is 14.8. The first-order valence-electron chi connectivity index (χ1n) is 8.64.